The molecule has 1 heterocycles. The molecule has 103 heavy (non-hydrogen) atoms. The molecule has 3 heteroatoms. The molecule has 2 aliphatic carbocycles. The van der Waals surface area contributed by atoms with E-state index in [9.17, 15) is 4.57 Å². The lowest BCUT2D eigenvalue weighted by Gasteiger charge is -2.21. The quantitative estimate of drug-likeness (QED) is 0.111. The van der Waals surface area contributed by atoms with Crippen LogP contribution in [0.2, 0.25) is 0 Å². The van der Waals surface area contributed by atoms with Gasteiger partial charge in [0.1, 0.15) is 0 Å². The highest BCUT2D eigenvalue weighted by Gasteiger charge is 2.34. The summed E-state index contributed by atoms with van der Waals surface area (Å²) in [5.41, 5.74) is 31.3. The highest BCUT2D eigenvalue weighted by molar-refractivity contribution is 7.85. The summed E-state index contributed by atoms with van der Waals surface area (Å²) in [6.45, 7) is 0. The highest BCUT2D eigenvalue weighted by atomic mass is 32.1. The van der Waals surface area contributed by atoms with Crippen molar-refractivity contribution < 1.29 is 4.57 Å². The largest absolute Gasteiger partial charge is 0.309 e. The van der Waals surface area contributed by atoms with Crippen LogP contribution >= 0.6 is 18.5 Å². The monoisotopic (exact) mass is 1340 g/mol. The Morgan fingerprint density at radius 3 is 0.893 bits per heavy atom. The van der Waals surface area contributed by atoms with Crippen LogP contribution in [0.4, 0.5) is 0 Å². The molecule has 0 saturated heterocycles. The van der Waals surface area contributed by atoms with Gasteiger partial charge in [-0.1, -0.05) is 376 Å². The van der Waals surface area contributed by atoms with E-state index in [1.807, 2.05) is 84.1 Å². The molecule has 482 valence electrons. The van der Waals surface area contributed by atoms with Gasteiger partial charge in [0.2, 0.25) is 0 Å². The molecule has 0 bridgehead atoms. The van der Waals surface area contributed by atoms with Crippen molar-refractivity contribution in [3.8, 4) is 144 Å². The van der Waals surface area contributed by atoms with Gasteiger partial charge in [0, 0.05) is 36.4 Å². The first-order valence-corrected chi connectivity index (χ1v) is 37.8. The standard InChI is InChI=1S/C52H35OP.C48H30S/c53-54(42-21-9-3-10-22-42,43-23-11-4-12-24-43)44-33-31-37(32-34-44)36-27-29-39(30-28-36)47-35-48(38-15-5-1-6-16-38)51-45-25-13-19-40-20-14-26-46(49(40)45)52(51)50(47)41-17-7-2-8-18-41;1-4-14-31(15-5-1)41-30-40(44(34-16-6-2-7-17-34)47-39-24-13-21-33-20-12-23-38(43(33)39)46(41)47)32-26-28-36(29-27-32)48-45(35-18-8-3-9-19-35)37-22-10-11-25-42(37)49-48/h1-35H;1-30H. The summed E-state index contributed by atoms with van der Waals surface area (Å²) in [6, 6.07) is 141. The molecule has 0 amide bonds. The Balaban J connectivity index is 0.000000143. The summed E-state index contributed by atoms with van der Waals surface area (Å²) in [5, 5.41) is 9.04. The maximum Gasteiger partial charge on any atom is 0.171 e. The van der Waals surface area contributed by atoms with E-state index in [2.05, 4.69) is 322 Å². The second kappa shape index (κ2) is 25.9. The van der Waals surface area contributed by atoms with E-state index in [0.717, 1.165) is 32.6 Å². The fourth-order valence-corrected chi connectivity index (χ4v) is 20.2. The third-order valence-corrected chi connectivity index (χ3v) is 25.2. The number of thiophene rings is 1. The SMILES string of the molecule is O=P(c1ccccc1)(c1ccccc1)c1ccc(-c2ccc(-c3cc(-c4ccccc4)c4c(c3-c3ccccc3)-c3cccc5cccc-4c35)cc2)cc1.c1ccc(-c2cc(-c3ccc(-c4sc5ccccc5c4-c4ccccc4)cc3)c(-c3ccccc3)c3c2-c2cccc4cccc-3c24)cc1. The van der Waals surface area contributed by atoms with Gasteiger partial charge in [-0.25, -0.2) is 0 Å². The molecular weight excluding hydrogens is 1280 g/mol. The van der Waals surface area contributed by atoms with Crippen LogP contribution in [0.5, 0.6) is 0 Å². The van der Waals surface area contributed by atoms with E-state index in [4.69, 9.17) is 0 Å². The molecule has 0 spiro atoms. The number of rotatable bonds is 12. The van der Waals surface area contributed by atoms with Gasteiger partial charge in [0.05, 0.1) is 0 Å². The maximum absolute atomic E-state index is 15.0. The van der Waals surface area contributed by atoms with Crippen LogP contribution in [-0.4, -0.2) is 0 Å². The molecule has 0 atom stereocenters. The van der Waals surface area contributed by atoms with Crippen molar-refractivity contribution in [2.75, 3.05) is 0 Å². The summed E-state index contributed by atoms with van der Waals surface area (Å²) in [7, 11) is -3.04. The molecule has 0 saturated carbocycles. The third kappa shape index (κ3) is 10.6. The third-order valence-electron chi connectivity index (χ3n) is 21.0. The summed E-state index contributed by atoms with van der Waals surface area (Å²) in [5.74, 6) is 0. The van der Waals surface area contributed by atoms with E-state index in [1.165, 1.54) is 159 Å². The predicted molar refractivity (Wildman–Crippen MR) is 440 cm³/mol. The van der Waals surface area contributed by atoms with Crippen molar-refractivity contribution >= 4 is 66.0 Å². The van der Waals surface area contributed by atoms with Crippen molar-refractivity contribution in [3.63, 3.8) is 0 Å². The van der Waals surface area contributed by atoms with E-state index in [1.54, 1.807) is 0 Å². The minimum Gasteiger partial charge on any atom is -0.309 e. The van der Waals surface area contributed by atoms with E-state index in [0.29, 0.717) is 0 Å². The highest BCUT2D eigenvalue weighted by Crippen LogP contribution is 2.60. The van der Waals surface area contributed by atoms with E-state index < -0.39 is 7.14 Å². The average molecular weight is 1350 g/mol. The lowest BCUT2D eigenvalue weighted by Crippen LogP contribution is -2.24. The summed E-state index contributed by atoms with van der Waals surface area (Å²) in [6.07, 6.45) is 0. The normalized spacial score (nSPS) is 11.7. The van der Waals surface area contributed by atoms with Gasteiger partial charge in [-0.05, 0) is 173 Å². The number of fused-ring (bicyclic) bond motifs is 7. The van der Waals surface area contributed by atoms with Crippen LogP contribution < -0.4 is 15.9 Å². The summed E-state index contributed by atoms with van der Waals surface area (Å²) >= 11 is 1.88. The van der Waals surface area contributed by atoms with Gasteiger partial charge in [0.25, 0.3) is 0 Å². The van der Waals surface area contributed by atoms with Gasteiger partial charge in [-0.2, -0.15) is 0 Å². The van der Waals surface area contributed by atoms with Crippen LogP contribution in [0.15, 0.2) is 394 Å². The minimum atomic E-state index is -3.04. The number of hydrogen-bond donors (Lipinski definition) is 0. The molecule has 17 aromatic carbocycles. The zero-order chi connectivity index (χ0) is 68.4. The van der Waals surface area contributed by atoms with Crippen molar-refractivity contribution in [1.29, 1.82) is 0 Å². The van der Waals surface area contributed by atoms with Gasteiger partial charge >= 0.3 is 0 Å². The van der Waals surface area contributed by atoms with Crippen LogP contribution in [0.25, 0.3) is 176 Å². The van der Waals surface area contributed by atoms with Crippen LogP contribution in [0.1, 0.15) is 0 Å². The lowest BCUT2D eigenvalue weighted by molar-refractivity contribution is 0.592. The Kier molecular flexibility index (Phi) is 15.5. The molecule has 18 aromatic rings. The molecule has 2 aliphatic rings. The first kappa shape index (κ1) is 61.5. The molecule has 0 unspecified atom stereocenters. The molecule has 0 radical (unpaired) electrons. The average Bonchev–Trinajstić information content (AvgIpc) is 1.57. The predicted octanol–water partition coefficient (Wildman–Crippen LogP) is 26.8. The summed E-state index contributed by atoms with van der Waals surface area (Å²) in [4.78, 5) is 1.31. The number of benzene rings is 17. The summed E-state index contributed by atoms with van der Waals surface area (Å²) < 4.78 is 16.3. The number of hydrogen-bond acceptors (Lipinski definition) is 2. The van der Waals surface area contributed by atoms with E-state index >= 15 is 0 Å². The van der Waals surface area contributed by atoms with Crippen molar-refractivity contribution in [2.24, 2.45) is 0 Å². The molecule has 1 aromatic heterocycles. The Morgan fingerprint density at radius 2 is 0.485 bits per heavy atom. The zero-order valence-electron chi connectivity index (χ0n) is 56.3. The second-order valence-electron chi connectivity index (χ2n) is 26.7. The zero-order valence-corrected chi connectivity index (χ0v) is 58.0. The Morgan fingerprint density at radius 1 is 0.194 bits per heavy atom. The molecule has 0 N–H and O–H groups in total. The maximum atomic E-state index is 15.0. The Bertz CT molecular complexity index is 6240. The van der Waals surface area contributed by atoms with Crippen LogP contribution in [0.3, 0.4) is 0 Å². The minimum absolute atomic E-state index is 0.829. The fourth-order valence-electron chi connectivity index (χ4n) is 16.3. The van der Waals surface area contributed by atoms with Crippen LogP contribution in [0, 0.1) is 0 Å². The molecule has 1 nitrogen and oxygen atoms in total. The van der Waals surface area contributed by atoms with Gasteiger partial charge in [0.15, 0.2) is 7.14 Å². The first-order chi connectivity index (χ1) is 51.0. The van der Waals surface area contributed by atoms with Gasteiger partial charge in [-0.15, -0.1) is 11.3 Å². The second-order valence-corrected chi connectivity index (χ2v) is 30.5. The molecule has 20 rings (SSSR count). The smallest absolute Gasteiger partial charge is 0.171 e. The van der Waals surface area contributed by atoms with Crippen molar-refractivity contribution in [1.82, 2.24) is 0 Å². The van der Waals surface area contributed by atoms with Gasteiger partial charge < -0.3 is 4.57 Å². The Labute approximate surface area is 604 Å². The lowest BCUT2D eigenvalue weighted by atomic mass is 9.82. The topological polar surface area (TPSA) is 17.1 Å². The van der Waals surface area contributed by atoms with E-state index in [-0.39, 0.29) is 0 Å². The first-order valence-electron chi connectivity index (χ1n) is 35.3. The molecule has 0 aliphatic heterocycles. The molecule has 0 fully saturated rings. The molecular formula is C100H65OPS. The van der Waals surface area contributed by atoms with Crippen LogP contribution in [-0.2, 0) is 4.57 Å². The Hall–Kier alpha value is -12.6. The fraction of sp³-hybridized carbons (Fsp3) is 0. The van der Waals surface area contributed by atoms with Crippen molar-refractivity contribution in [2.45, 2.75) is 0 Å². The van der Waals surface area contributed by atoms with Gasteiger partial charge in [-0.3, -0.25) is 0 Å². The van der Waals surface area contributed by atoms with Crippen molar-refractivity contribution in [3.05, 3.63) is 394 Å².